The normalized spacial score (nSPS) is 10.7. The largest absolute Gasteiger partial charge is 0.340 e. The van der Waals surface area contributed by atoms with Gasteiger partial charge in [-0.1, -0.05) is 36.8 Å². The van der Waals surface area contributed by atoms with Crippen molar-refractivity contribution in [3.05, 3.63) is 66.4 Å². The fraction of sp³-hybridized carbons (Fsp3) is 0.300. The quantitative estimate of drug-likeness (QED) is 0.633. The van der Waals surface area contributed by atoms with Gasteiger partial charge in [-0.05, 0) is 25.3 Å². The average molecular weight is 349 g/mol. The van der Waals surface area contributed by atoms with Gasteiger partial charge >= 0.3 is 0 Å². The molecule has 0 aliphatic heterocycles. The first kappa shape index (κ1) is 17.8. The Labute approximate surface area is 153 Å². The maximum absolute atomic E-state index is 12.2. The molecule has 26 heavy (non-hydrogen) atoms. The molecule has 0 aliphatic rings. The lowest BCUT2D eigenvalue weighted by Crippen LogP contribution is -2.28. The van der Waals surface area contributed by atoms with Crippen LogP contribution < -0.4 is 0 Å². The molecule has 0 saturated heterocycles. The van der Waals surface area contributed by atoms with E-state index in [1.165, 1.54) is 12.4 Å². The molecule has 0 bridgehead atoms. The molecule has 134 valence electrons. The maximum atomic E-state index is 12.2. The highest BCUT2D eigenvalue weighted by molar-refractivity contribution is 5.91. The third-order valence-corrected chi connectivity index (χ3v) is 4.27. The van der Waals surface area contributed by atoms with E-state index in [2.05, 4.69) is 38.4 Å². The van der Waals surface area contributed by atoms with Gasteiger partial charge in [0, 0.05) is 37.2 Å². The Hall–Kier alpha value is -3.02. The summed E-state index contributed by atoms with van der Waals surface area (Å²) in [5.41, 5.74) is 3.64. The van der Waals surface area contributed by atoms with Gasteiger partial charge in [0.15, 0.2) is 0 Å². The molecular weight excluding hydrogens is 326 g/mol. The van der Waals surface area contributed by atoms with E-state index >= 15 is 0 Å². The fourth-order valence-electron chi connectivity index (χ4n) is 2.79. The van der Waals surface area contributed by atoms with E-state index in [1.54, 1.807) is 18.1 Å². The summed E-state index contributed by atoms with van der Waals surface area (Å²) in [6, 6.07) is 12.3. The summed E-state index contributed by atoms with van der Waals surface area (Å²) in [7, 11) is 1.80. The molecule has 6 heteroatoms. The standard InChI is InChI=1S/C20H23N5O/c1-25(20(26)19-15-21-11-12-22-19)13-7-3-6-10-17-14-18(24-23-17)16-8-4-2-5-9-16/h2,4-5,8-9,11-12,14-15H,3,6-7,10,13H2,1H3,(H,23,24). The Kier molecular flexibility index (Phi) is 6.09. The number of carbonyl (C=O) groups is 1. The Balaban J connectivity index is 1.38. The number of carbonyl (C=O) groups excluding carboxylic acids is 1. The minimum atomic E-state index is -0.0841. The highest BCUT2D eigenvalue weighted by Crippen LogP contribution is 2.17. The van der Waals surface area contributed by atoms with E-state index in [0.717, 1.165) is 42.6 Å². The van der Waals surface area contributed by atoms with Crippen LogP contribution >= 0.6 is 0 Å². The summed E-state index contributed by atoms with van der Waals surface area (Å²) < 4.78 is 0. The molecule has 3 rings (SSSR count). The first-order chi connectivity index (χ1) is 12.7. The number of aromatic amines is 1. The molecule has 1 amide bonds. The zero-order chi connectivity index (χ0) is 18.2. The highest BCUT2D eigenvalue weighted by atomic mass is 16.2. The molecule has 0 atom stereocenters. The van der Waals surface area contributed by atoms with Crippen LogP contribution in [-0.4, -0.2) is 44.6 Å². The van der Waals surface area contributed by atoms with Gasteiger partial charge in [0.25, 0.3) is 5.91 Å². The smallest absolute Gasteiger partial charge is 0.273 e. The van der Waals surface area contributed by atoms with E-state index in [4.69, 9.17) is 0 Å². The zero-order valence-electron chi connectivity index (χ0n) is 14.9. The third kappa shape index (κ3) is 4.75. The molecule has 1 aromatic carbocycles. The molecule has 0 unspecified atom stereocenters. The number of nitrogens with zero attached hydrogens (tertiary/aromatic N) is 4. The number of aryl methyl sites for hydroxylation is 1. The van der Waals surface area contributed by atoms with Gasteiger partial charge in [-0.15, -0.1) is 0 Å². The molecule has 0 saturated carbocycles. The van der Waals surface area contributed by atoms with Crippen molar-refractivity contribution in [2.24, 2.45) is 0 Å². The molecule has 0 fully saturated rings. The second kappa shape index (κ2) is 8.89. The van der Waals surface area contributed by atoms with Gasteiger partial charge in [-0.3, -0.25) is 14.9 Å². The van der Waals surface area contributed by atoms with Gasteiger partial charge in [0.2, 0.25) is 0 Å². The number of H-pyrrole nitrogens is 1. The maximum Gasteiger partial charge on any atom is 0.273 e. The number of amides is 1. The van der Waals surface area contributed by atoms with Gasteiger partial charge in [0.1, 0.15) is 5.69 Å². The van der Waals surface area contributed by atoms with Gasteiger partial charge in [0.05, 0.1) is 11.9 Å². The first-order valence-corrected chi connectivity index (χ1v) is 8.85. The van der Waals surface area contributed by atoms with Crippen LogP contribution in [0.15, 0.2) is 55.0 Å². The lowest BCUT2D eigenvalue weighted by molar-refractivity contribution is 0.0786. The van der Waals surface area contributed by atoms with E-state index < -0.39 is 0 Å². The third-order valence-electron chi connectivity index (χ3n) is 4.27. The van der Waals surface area contributed by atoms with Crippen LogP contribution in [0.25, 0.3) is 11.3 Å². The summed E-state index contributed by atoms with van der Waals surface area (Å²) in [6.45, 7) is 0.716. The van der Waals surface area contributed by atoms with Crippen LogP contribution in [0.2, 0.25) is 0 Å². The molecule has 6 nitrogen and oxygen atoms in total. The van der Waals surface area contributed by atoms with Gasteiger partial charge in [-0.2, -0.15) is 5.10 Å². The molecule has 0 radical (unpaired) electrons. The average Bonchev–Trinajstić information content (AvgIpc) is 3.17. The van der Waals surface area contributed by atoms with Gasteiger partial charge < -0.3 is 4.90 Å². The van der Waals surface area contributed by atoms with E-state index in [1.807, 2.05) is 18.2 Å². The number of nitrogens with one attached hydrogen (secondary N) is 1. The Morgan fingerprint density at radius 1 is 1.12 bits per heavy atom. The zero-order valence-corrected chi connectivity index (χ0v) is 14.9. The number of unbranched alkanes of at least 4 members (excludes halogenated alkanes) is 2. The molecule has 3 aromatic rings. The lowest BCUT2D eigenvalue weighted by atomic mass is 10.1. The number of aromatic nitrogens is 4. The Morgan fingerprint density at radius 2 is 1.96 bits per heavy atom. The van der Waals surface area contributed by atoms with Crippen molar-refractivity contribution in [1.29, 1.82) is 0 Å². The summed E-state index contributed by atoms with van der Waals surface area (Å²) in [5.74, 6) is -0.0841. The van der Waals surface area contributed by atoms with Gasteiger partial charge in [-0.25, -0.2) is 4.98 Å². The minimum Gasteiger partial charge on any atom is -0.340 e. The van der Waals surface area contributed by atoms with Crippen molar-refractivity contribution in [2.75, 3.05) is 13.6 Å². The second-order valence-corrected chi connectivity index (χ2v) is 6.27. The van der Waals surface area contributed by atoms with E-state index in [-0.39, 0.29) is 5.91 Å². The monoisotopic (exact) mass is 349 g/mol. The molecule has 2 heterocycles. The molecule has 0 spiro atoms. The van der Waals surface area contributed by atoms with Crippen LogP contribution in [-0.2, 0) is 6.42 Å². The topological polar surface area (TPSA) is 74.8 Å². The summed E-state index contributed by atoms with van der Waals surface area (Å²) >= 11 is 0. The van der Waals surface area contributed by atoms with Crippen LogP contribution in [0.1, 0.15) is 35.4 Å². The SMILES string of the molecule is CN(CCCCCc1cc(-c2ccccc2)n[nH]1)C(=O)c1cnccn1. The van der Waals surface area contributed by atoms with Crippen molar-refractivity contribution in [1.82, 2.24) is 25.1 Å². The predicted octanol–water partition coefficient (Wildman–Crippen LogP) is 3.35. The summed E-state index contributed by atoms with van der Waals surface area (Å²) in [6.07, 6.45) is 8.64. The second-order valence-electron chi connectivity index (χ2n) is 6.27. The number of benzene rings is 1. The number of hydrogen-bond acceptors (Lipinski definition) is 4. The van der Waals surface area contributed by atoms with E-state index in [9.17, 15) is 4.79 Å². The van der Waals surface area contributed by atoms with Crippen LogP contribution in [0.3, 0.4) is 0 Å². The van der Waals surface area contributed by atoms with Crippen molar-refractivity contribution < 1.29 is 4.79 Å². The Bertz CT molecular complexity index is 816. The summed E-state index contributed by atoms with van der Waals surface area (Å²) in [4.78, 5) is 21.9. The number of hydrogen-bond donors (Lipinski definition) is 1. The molecule has 2 aromatic heterocycles. The predicted molar refractivity (Wildman–Crippen MR) is 101 cm³/mol. The number of rotatable bonds is 8. The summed E-state index contributed by atoms with van der Waals surface area (Å²) in [5, 5.41) is 7.49. The van der Waals surface area contributed by atoms with Crippen molar-refractivity contribution in [2.45, 2.75) is 25.7 Å². The first-order valence-electron chi connectivity index (χ1n) is 8.85. The fourth-order valence-corrected chi connectivity index (χ4v) is 2.79. The molecular formula is C20H23N5O. The van der Waals surface area contributed by atoms with Crippen LogP contribution in [0.4, 0.5) is 0 Å². The Morgan fingerprint density at radius 3 is 2.73 bits per heavy atom. The van der Waals surface area contributed by atoms with E-state index in [0.29, 0.717) is 12.2 Å². The highest BCUT2D eigenvalue weighted by Gasteiger charge is 2.12. The molecule has 0 aliphatic carbocycles. The lowest BCUT2D eigenvalue weighted by Gasteiger charge is -2.16. The molecule has 1 N–H and O–H groups in total. The van der Waals surface area contributed by atoms with Crippen molar-refractivity contribution in [3.8, 4) is 11.3 Å². The van der Waals surface area contributed by atoms with Crippen molar-refractivity contribution in [3.63, 3.8) is 0 Å². The van der Waals surface area contributed by atoms with Crippen molar-refractivity contribution >= 4 is 5.91 Å². The van der Waals surface area contributed by atoms with Crippen LogP contribution in [0.5, 0.6) is 0 Å². The minimum absolute atomic E-state index is 0.0841. The van der Waals surface area contributed by atoms with Crippen LogP contribution in [0, 0.1) is 0 Å².